The van der Waals surface area contributed by atoms with Gasteiger partial charge in [0.2, 0.25) is 5.91 Å². The molecule has 128 valence electrons. The van der Waals surface area contributed by atoms with E-state index in [-0.39, 0.29) is 5.91 Å². The molecule has 0 aliphatic carbocycles. The average Bonchev–Trinajstić information content (AvgIpc) is 2.53. The molecule has 0 aromatic heterocycles. The Hall–Kier alpha value is -2.28. The molecule has 2 unspecified atom stereocenters. The highest BCUT2D eigenvalue weighted by molar-refractivity contribution is 5.96. The van der Waals surface area contributed by atoms with Crippen LogP contribution >= 0.6 is 0 Å². The van der Waals surface area contributed by atoms with Gasteiger partial charge in [-0.3, -0.25) is 14.9 Å². The zero-order valence-corrected chi connectivity index (χ0v) is 13.9. The number of carboxylic acid groups (broad SMARTS) is 1. The van der Waals surface area contributed by atoms with Gasteiger partial charge in [-0.05, 0) is 25.5 Å². The van der Waals surface area contributed by atoms with Gasteiger partial charge in [0.25, 0.3) is 0 Å². The van der Waals surface area contributed by atoms with Crippen LogP contribution in [0.15, 0.2) is 18.2 Å². The van der Waals surface area contributed by atoms with E-state index in [0.29, 0.717) is 30.0 Å². The van der Waals surface area contributed by atoms with E-state index in [0.717, 1.165) is 0 Å². The predicted octanol–water partition coefficient (Wildman–Crippen LogP) is 1.87. The summed E-state index contributed by atoms with van der Waals surface area (Å²) in [5.41, 5.74) is 0.466. The Labute approximate surface area is 136 Å². The van der Waals surface area contributed by atoms with E-state index in [1.165, 1.54) is 14.2 Å². The van der Waals surface area contributed by atoms with Gasteiger partial charge in [-0.25, -0.2) is 0 Å². The van der Waals surface area contributed by atoms with Crippen LogP contribution in [0.4, 0.5) is 5.69 Å². The molecule has 0 fully saturated rings. The van der Waals surface area contributed by atoms with Crippen LogP contribution in [0.25, 0.3) is 0 Å². The third kappa shape index (κ3) is 5.45. The lowest BCUT2D eigenvalue weighted by molar-refractivity contribution is -0.140. The molecular weight excluding hydrogens is 300 g/mol. The number of carbonyl (C=O) groups is 2. The standard InChI is InChI=1S/C16H24N2O5/c1-5-6-12(16(20)21)17-10(2)15(19)18-13-9-11(22-3)7-8-14(13)23-4/h7-10,12,17H,5-6H2,1-4H3,(H,18,19)(H,20,21). The molecule has 0 heterocycles. The minimum atomic E-state index is -0.967. The molecule has 2 atom stereocenters. The SMILES string of the molecule is CCCC(NC(C)C(=O)Nc1cc(OC)ccc1OC)C(=O)O. The van der Waals surface area contributed by atoms with Crippen LogP contribution in [0.1, 0.15) is 26.7 Å². The molecule has 1 amide bonds. The van der Waals surface area contributed by atoms with Crippen LogP contribution in [-0.4, -0.2) is 43.3 Å². The molecule has 7 heteroatoms. The van der Waals surface area contributed by atoms with Crippen LogP contribution < -0.4 is 20.1 Å². The smallest absolute Gasteiger partial charge is 0.320 e. The second-order valence-corrected chi connectivity index (χ2v) is 5.12. The number of rotatable bonds is 9. The number of carbonyl (C=O) groups excluding carboxylic acids is 1. The molecule has 0 aliphatic heterocycles. The molecular formula is C16H24N2O5. The fourth-order valence-corrected chi connectivity index (χ4v) is 2.10. The molecule has 1 aromatic carbocycles. The maximum Gasteiger partial charge on any atom is 0.320 e. The third-order valence-electron chi connectivity index (χ3n) is 3.38. The molecule has 3 N–H and O–H groups in total. The summed E-state index contributed by atoms with van der Waals surface area (Å²) < 4.78 is 10.3. The van der Waals surface area contributed by atoms with Crippen LogP contribution in [0, 0.1) is 0 Å². The van der Waals surface area contributed by atoms with Gasteiger partial charge < -0.3 is 19.9 Å². The van der Waals surface area contributed by atoms with E-state index < -0.39 is 18.1 Å². The number of benzene rings is 1. The first kappa shape index (κ1) is 18.8. The van der Waals surface area contributed by atoms with E-state index in [4.69, 9.17) is 14.6 Å². The van der Waals surface area contributed by atoms with E-state index in [1.807, 2.05) is 6.92 Å². The molecule has 0 bridgehead atoms. The molecule has 23 heavy (non-hydrogen) atoms. The number of nitrogens with one attached hydrogen (secondary N) is 2. The lowest BCUT2D eigenvalue weighted by Crippen LogP contribution is -2.47. The summed E-state index contributed by atoms with van der Waals surface area (Å²) in [4.78, 5) is 23.4. The fourth-order valence-electron chi connectivity index (χ4n) is 2.10. The highest BCUT2D eigenvalue weighted by atomic mass is 16.5. The molecule has 0 saturated heterocycles. The summed E-state index contributed by atoms with van der Waals surface area (Å²) in [7, 11) is 3.03. The monoisotopic (exact) mass is 324 g/mol. The van der Waals surface area contributed by atoms with Gasteiger partial charge in [0, 0.05) is 6.07 Å². The van der Waals surface area contributed by atoms with Gasteiger partial charge in [0.05, 0.1) is 25.9 Å². The third-order valence-corrected chi connectivity index (χ3v) is 3.38. The van der Waals surface area contributed by atoms with Crippen molar-refractivity contribution in [2.45, 2.75) is 38.8 Å². The largest absolute Gasteiger partial charge is 0.497 e. The Bertz CT molecular complexity index is 547. The quantitative estimate of drug-likeness (QED) is 0.642. The van der Waals surface area contributed by atoms with Crippen LogP contribution in [0.5, 0.6) is 11.5 Å². The Kier molecular flexibility index (Phi) is 7.34. The molecule has 0 saturated carbocycles. The van der Waals surface area contributed by atoms with Gasteiger partial charge >= 0.3 is 5.97 Å². The van der Waals surface area contributed by atoms with Crippen LogP contribution in [-0.2, 0) is 9.59 Å². The van der Waals surface area contributed by atoms with Crippen molar-refractivity contribution in [2.24, 2.45) is 0 Å². The van der Waals surface area contributed by atoms with Gasteiger partial charge in [0.15, 0.2) is 0 Å². The highest BCUT2D eigenvalue weighted by Crippen LogP contribution is 2.28. The molecule has 0 spiro atoms. The Morgan fingerprint density at radius 3 is 2.48 bits per heavy atom. The Morgan fingerprint density at radius 1 is 1.26 bits per heavy atom. The summed E-state index contributed by atoms with van der Waals surface area (Å²) >= 11 is 0. The van der Waals surface area contributed by atoms with Gasteiger partial charge in [-0.1, -0.05) is 13.3 Å². The summed E-state index contributed by atoms with van der Waals surface area (Å²) in [6, 6.07) is 3.62. The van der Waals surface area contributed by atoms with Gasteiger partial charge in [-0.2, -0.15) is 0 Å². The van der Waals surface area contributed by atoms with Crippen LogP contribution in [0.2, 0.25) is 0 Å². The maximum absolute atomic E-state index is 12.3. The average molecular weight is 324 g/mol. The second-order valence-electron chi connectivity index (χ2n) is 5.12. The predicted molar refractivity (Wildman–Crippen MR) is 87.1 cm³/mol. The first-order valence-corrected chi connectivity index (χ1v) is 7.44. The van der Waals surface area contributed by atoms with Crippen molar-refractivity contribution in [2.75, 3.05) is 19.5 Å². The summed E-state index contributed by atoms with van der Waals surface area (Å²) in [5.74, 6) is -0.241. The molecule has 7 nitrogen and oxygen atoms in total. The lowest BCUT2D eigenvalue weighted by atomic mass is 10.1. The maximum atomic E-state index is 12.3. The van der Waals surface area contributed by atoms with Crippen LogP contribution in [0.3, 0.4) is 0 Å². The highest BCUT2D eigenvalue weighted by Gasteiger charge is 2.23. The Morgan fingerprint density at radius 2 is 1.96 bits per heavy atom. The Balaban J connectivity index is 2.80. The topological polar surface area (TPSA) is 96.9 Å². The van der Waals surface area contributed by atoms with Gasteiger partial charge in [-0.15, -0.1) is 0 Å². The first-order valence-electron chi connectivity index (χ1n) is 7.44. The first-order chi connectivity index (χ1) is 10.9. The van der Waals surface area contributed by atoms with E-state index in [1.54, 1.807) is 25.1 Å². The number of carboxylic acids is 1. The minimum Gasteiger partial charge on any atom is -0.497 e. The lowest BCUT2D eigenvalue weighted by Gasteiger charge is -2.20. The second kappa shape index (κ2) is 8.99. The number of hydrogen-bond donors (Lipinski definition) is 3. The summed E-state index contributed by atoms with van der Waals surface area (Å²) in [6.07, 6.45) is 1.16. The van der Waals surface area contributed by atoms with E-state index in [2.05, 4.69) is 10.6 Å². The molecule has 1 aromatic rings. The van der Waals surface area contributed by atoms with Crippen molar-refractivity contribution in [1.29, 1.82) is 0 Å². The number of amides is 1. The normalized spacial score (nSPS) is 13.0. The van der Waals surface area contributed by atoms with Crippen molar-refractivity contribution in [3.63, 3.8) is 0 Å². The zero-order valence-electron chi connectivity index (χ0n) is 13.9. The van der Waals surface area contributed by atoms with Crippen molar-refractivity contribution < 1.29 is 24.2 Å². The summed E-state index contributed by atoms with van der Waals surface area (Å²) in [5, 5.41) is 14.7. The number of methoxy groups -OCH3 is 2. The fraction of sp³-hybridized carbons (Fsp3) is 0.500. The number of ether oxygens (including phenoxy) is 2. The number of aliphatic carboxylic acids is 1. The van der Waals surface area contributed by atoms with Crippen molar-refractivity contribution >= 4 is 17.6 Å². The van der Waals surface area contributed by atoms with E-state index >= 15 is 0 Å². The van der Waals surface area contributed by atoms with Crippen molar-refractivity contribution in [3.8, 4) is 11.5 Å². The van der Waals surface area contributed by atoms with E-state index in [9.17, 15) is 9.59 Å². The van der Waals surface area contributed by atoms with Crippen molar-refractivity contribution in [3.05, 3.63) is 18.2 Å². The summed E-state index contributed by atoms with van der Waals surface area (Å²) in [6.45, 7) is 3.51. The number of anilines is 1. The molecule has 1 rings (SSSR count). The minimum absolute atomic E-state index is 0.348. The van der Waals surface area contributed by atoms with Gasteiger partial charge in [0.1, 0.15) is 17.5 Å². The number of hydrogen-bond acceptors (Lipinski definition) is 5. The zero-order chi connectivity index (χ0) is 17.4. The van der Waals surface area contributed by atoms with Crippen molar-refractivity contribution in [1.82, 2.24) is 5.32 Å². The molecule has 0 radical (unpaired) electrons. The molecule has 0 aliphatic rings.